The van der Waals surface area contributed by atoms with Crippen molar-refractivity contribution >= 4 is 29.4 Å². The number of allylic oxidation sites excluding steroid dienone is 1. The molecule has 1 fully saturated rings. The van der Waals surface area contributed by atoms with E-state index < -0.39 is 12.2 Å². The van der Waals surface area contributed by atoms with Gasteiger partial charge in [-0.3, -0.25) is 9.69 Å². The van der Waals surface area contributed by atoms with Crippen LogP contribution in [0.15, 0.2) is 29.7 Å². The lowest BCUT2D eigenvalue weighted by molar-refractivity contribution is -0.119. The van der Waals surface area contributed by atoms with Gasteiger partial charge in [0.1, 0.15) is 11.9 Å². The number of hydrogen-bond acceptors (Lipinski definition) is 4. The van der Waals surface area contributed by atoms with E-state index >= 15 is 0 Å². The molecule has 0 aliphatic carbocycles. The molecule has 0 saturated carbocycles. The van der Waals surface area contributed by atoms with E-state index in [0.717, 1.165) is 12.2 Å². The fourth-order valence-electron chi connectivity index (χ4n) is 2.85. The highest BCUT2D eigenvalue weighted by Gasteiger charge is 2.32. The first-order valence-corrected chi connectivity index (χ1v) is 8.90. The van der Waals surface area contributed by atoms with Gasteiger partial charge in [-0.1, -0.05) is 12.1 Å². The molecule has 1 aromatic rings. The molecule has 0 aromatic heterocycles. The van der Waals surface area contributed by atoms with Crippen molar-refractivity contribution in [3.8, 4) is 0 Å². The van der Waals surface area contributed by atoms with E-state index in [9.17, 15) is 14.0 Å². The van der Waals surface area contributed by atoms with Gasteiger partial charge in [0.15, 0.2) is 0 Å². The lowest BCUT2D eigenvalue weighted by Gasteiger charge is -2.19. The molecule has 0 radical (unpaired) electrons. The summed E-state index contributed by atoms with van der Waals surface area (Å²) in [5, 5.41) is 4.62. The summed E-state index contributed by atoms with van der Waals surface area (Å²) in [4.78, 5) is 24.3. The third kappa shape index (κ3) is 3.72. The van der Waals surface area contributed by atoms with E-state index in [1.807, 2.05) is 11.5 Å². The Morgan fingerprint density at radius 2 is 2.33 bits per heavy atom. The SMILES string of the molecule is CC(=O)NC[C@H]1CN(c2ccc(C3C=CSCC3)c(F)c2)C(=O)O1. The van der Waals surface area contributed by atoms with Gasteiger partial charge < -0.3 is 10.1 Å². The molecule has 2 atom stereocenters. The van der Waals surface area contributed by atoms with Crippen LogP contribution in [0.1, 0.15) is 24.8 Å². The number of carbonyl (C=O) groups is 2. The fourth-order valence-corrected chi connectivity index (χ4v) is 3.68. The Bertz CT molecular complexity index is 680. The zero-order valence-corrected chi connectivity index (χ0v) is 14.1. The highest BCUT2D eigenvalue weighted by Crippen LogP contribution is 2.33. The molecule has 2 aliphatic rings. The molecule has 0 spiro atoms. The molecule has 0 bridgehead atoms. The maximum Gasteiger partial charge on any atom is 0.414 e. The Kier molecular flexibility index (Phi) is 5.08. The summed E-state index contributed by atoms with van der Waals surface area (Å²) in [6.07, 6.45) is 1.97. The number of cyclic esters (lactones) is 1. The maximum atomic E-state index is 14.5. The molecule has 2 heterocycles. The Balaban J connectivity index is 1.72. The summed E-state index contributed by atoms with van der Waals surface area (Å²) in [5.41, 5.74) is 1.12. The number of amides is 2. The Hall–Kier alpha value is -2.02. The van der Waals surface area contributed by atoms with Crippen LogP contribution in [0.2, 0.25) is 0 Å². The molecular formula is C17H19FN2O3S. The first-order valence-electron chi connectivity index (χ1n) is 7.85. The second-order valence-corrected chi connectivity index (χ2v) is 6.87. The summed E-state index contributed by atoms with van der Waals surface area (Å²) < 4.78 is 19.7. The Morgan fingerprint density at radius 3 is 3.00 bits per heavy atom. The van der Waals surface area contributed by atoms with Gasteiger partial charge in [0.05, 0.1) is 18.8 Å². The van der Waals surface area contributed by atoms with Crippen LogP contribution in [0.3, 0.4) is 0 Å². The zero-order chi connectivity index (χ0) is 17.1. The molecule has 24 heavy (non-hydrogen) atoms. The van der Waals surface area contributed by atoms with Gasteiger partial charge in [-0.2, -0.15) is 0 Å². The molecule has 2 amide bonds. The molecule has 128 valence electrons. The van der Waals surface area contributed by atoms with Crippen LogP contribution in [-0.2, 0) is 9.53 Å². The standard InChI is InChI=1S/C17H19FN2O3S/c1-11(21)19-9-14-10-20(17(22)23-14)13-2-3-15(16(18)8-13)12-4-6-24-7-5-12/h2-4,6,8,12,14H,5,7,9-10H2,1H3,(H,19,21)/t12?,14-/m0/s1. The molecule has 1 N–H and O–H groups in total. The number of nitrogens with one attached hydrogen (secondary N) is 1. The van der Waals surface area contributed by atoms with Crippen LogP contribution in [0.4, 0.5) is 14.9 Å². The van der Waals surface area contributed by atoms with Crippen molar-refractivity contribution in [3.05, 3.63) is 41.1 Å². The van der Waals surface area contributed by atoms with Crippen LogP contribution in [0, 0.1) is 5.82 Å². The third-order valence-corrected chi connectivity index (χ3v) is 4.92. The maximum absolute atomic E-state index is 14.5. The summed E-state index contributed by atoms with van der Waals surface area (Å²) in [6, 6.07) is 4.87. The largest absolute Gasteiger partial charge is 0.442 e. The summed E-state index contributed by atoms with van der Waals surface area (Å²) in [7, 11) is 0. The predicted molar refractivity (Wildman–Crippen MR) is 91.7 cm³/mol. The number of nitrogens with zero attached hydrogens (tertiary/aromatic N) is 1. The molecule has 3 rings (SSSR count). The van der Waals surface area contributed by atoms with Crippen molar-refractivity contribution in [1.29, 1.82) is 0 Å². The van der Waals surface area contributed by atoms with Gasteiger partial charge in [-0.05, 0) is 35.3 Å². The number of anilines is 1. The Morgan fingerprint density at radius 1 is 1.50 bits per heavy atom. The molecule has 5 nitrogen and oxygen atoms in total. The van der Waals surface area contributed by atoms with Gasteiger partial charge in [0.25, 0.3) is 0 Å². The number of ether oxygens (including phenoxy) is 1. The zero-order valence-electron chi connectivity index (χ0n) is 13.3. The smallest absolute Gasteiger partial charge is 0.414 e. The average Bonchev–Trinajstić information content (AvgIpc) is 2.94. The van der Waals surface area contributed by atoms with E-state index in [0.29, 0.717) is 11.3 Å². The van der Waals surface area contributed by atoms with Crippen LogP contribution in [0.5, 0.6) is 0 Å². The second-order valence-electron chi connectivity index (χ2n) is 5.85. The summed E-state index contributed by atoms with van der Waals surface area (Å²) in [6.45, 7) is 1.95. The van der Waals surface area contributed by atoms with E-state index in [-0.39, 0.29) is 30.7 Å². The first-order chi connectivity index (χ1) is 11.5. The average molecular weight is 350 g/mol. The van der Waals surface area contributed by atoms with Crippen molar-refractivity contribution < 1.29 is 18.7 Å². The fraction of sp³-hybridized carbons (Fsp3) is 0.412. The molecular weight excluding hydrogens is 331 g/mol. The molecule has 7 heteroatoms. The number of hydrogen-bond donors (Lipinski definition) is 1. The minimum Gasteiger partial charge on any atom is -0.442 e. The van der Waals surface area contributed by atoms with E-state index in [1.54, 1.807) is 23.9 Å². The topological polar surface area (TPSA) is 58.6 Å². The predicted octanol–water partition coefficient (Wildman–Crippen LogP) is 3.02. The van der Waals surface area contributed by atoms with Crippen molar-refractivity contribution in [2.45, 2.75) is 25.4 Å². The van der Waals surface area contributed by atoms with E-state index in [4.69, 9.17) is 4.74 Å². The van der Waals surface area contributed by atoms with E-state index in [2.05, 4.69) is 5.32 Å². The molecule has 1 saturated heterocycles. The van der Waals surface area contributed by atoms with E-state index in [1.165, 1.54) is 17.9 Å². The molecule has 2 aliphatic heterocycles. The van der Waals surface area contributed by atoms with Crippen molar-refractivity contribution in [2.75, 3.05) is 23.7 Å². The minimum atomic E-state index is -0.522. The van der Waals surface area contributed by atoms with Crippen LogP contribution < -0.4 is 10.2 Å². The van der Waals surface area contributed by atoms with Gasteiger partial charge >= 0.3 is 6.09 Å². The van der Waals surface area contributed by atoms with Crippen molar-refractivity contribution in [1.82, 2.24) is 5.32 Å². The molecule has 1 aromatic carbocycles. The lowest BCUT2D eigenvalue weighted by Crippen LogP contribution is -2.33. The first kappa shape index (κ1) is 16.8. The Labute approximate surface area is 144 Å². The van der Waals surface area contributed by atoms with Crippen molar-refractivity contribution in [3.63, 3.8) is 0 Å². The van der Waals surface area contributed by atoms with Gasteiger partial charge in [-0.15, -0.1) is 11.8 Å². The van der Waals surface area contributed by atoms with Crippen LogP contribution in [0.25, 0.3) is 0 Å². The number of benzene rings is 1. The quantitative estimate of drug-likeness (QED) is 0.907. The second kappa shape index (κ2) is 7.25. The number of carbonyl (C=O) groups excluding carboxylic acids is 2. The van der Waals surface area contributed by atoms with Crippen molar-refractivity contribution in [2.24, 2.45) is 0 Å². The van der Waals surface area contributed by atoms with Gasteiger partial charge in [-0.25, -0.2) is 9.18 Å². The number of rotatable bonds is 4. The van der Waals surface area contributed by atoms with Gasteiger partial charge in [0, 0.05) is 12.8 Å². The minimum absolute atomic E-state index is 0.0818. The monoisotopic (exact) mass is 350 g/mol. The van der Waals surface area contributed by atoms with Crippen LogP contribution >= 0.6 is 11.8 Å². The normalized spacial score (nSPS) is 23.2. The number of halogens is 1. The third-order valence-electron chi connectivity index (χ3n) is 4.10. The summed E-state index contributed by atoms with van der Waals surface area (Å²) in [5.74, 6) is 0.565. The summed E-state index contributed by atoms with van der Waals surface area (Å²) >= 11 is 1.73. The van der Waals surface area contributed by atoms with Gasteiger partial charge in [0.2, 0.25) is 5.91 Å². The highest BCUT2D eigenvalue weighted by atomic mass is 32.2. The highest BCUT2D eigenvalue weighted by molar-refractivity contribution is 8.02. The van der Waals surface area contributed by atoms with Crippen LogP contribution in [-0.4, -0.2) is 36.9 Å². The lowest BCUT2D eigenvalue weighted by atomic mass is 9.95. The number of thioether (sulfide) groups is 1. The molecule has 1 unspecified atom stereocenters.